The average molecular weight is 519 g/mol. The lowest BCUT2D eigenvalue weighted by Gasteiger charge is -2.42. The fourth-order valence-corrected chi connectivity index (χ4v) is 4.62. The lowest BCUT2D eigenvalue weighted by atomic mass is 9.92. The van der Waals surface area contributed by atoms with Crippen molar-refractivity contribution in [1.29, 1.82) is 5.26 Å². The molecule has 0 bridgehead atoms. The number of fused-ring (bicyclic) bond motifs is 1. The number of nitriles is 1. The van der Waals surface area contributed by atoms with Gasteiger partial charge in [0.1, 0.15) is 25.2 Å². The zero-order valence-electron chi connectivity index (χ0n) is 21.6. The molecule has 0 saturated carbocycles. The molecule has 2 atom stereocenters. The number of esters is 1. The van der Waals surface area contributed by atoms with Crippen molar-refractivity contribution in [3.63, 3.8) is 0 Å². The van der Waals surface area contributed by atoms with Crippen LogP contribution in [0.1, 0.15) is 30.1 Å². The highest BCUT2D eigenvalue weighted by Gasteiger charge is 2.33. The van der Waals surface area contributed by atoms with Gasteiger partial charge >= 0.3 is 12.0 Å². The molecule has 3 aromatic rings. The summed E-state index contributed by atoms with van der Waals surface area (Å²) < 4.78 is 6.71. The van der Waals surface area contributed by atoms with Crippen LogP contribution in [0.5, 0.6) is 0 Å². The molecule has 0 radical (unpaired) electrons. The third-order valence-corrected chi connectivity index (χ3v) is 6.90. The van der Waals surface area contributed by atoms with E-state index in [1.165, 1.54) is 28.2 Å². The van der Waals surface area contributed by atoms with Crippen molar-refractivity contribution in [2.24, 2.45) is 5.92 Å². The summed E-state index contributed by atoms with van der Waals surface area (Å²) in [7, 11) is 3.54. The number of likely N-dealkylation sites (N-methyl/N-ethyl adjacent to an activating group) is 2. The monoisotopic (exact) mass is 518 g/mol. The van der Waals surface area contributed by atoms with E-state index in [9.17, 15) is 14.4 Å². The van der Waals surface area contributed by atoms with Crippen LogP contribution in [0.25, 0.3) is 11.0 Å². The quantitative estimate of drug-likeness (QED) is 0.431. The number of piperidine rings is 1. The maximum absolute atomic E-state index is 13.2. The van der Waals surface area contributed by atoms with Crippen LogP contribution in [0.15, 0.2) is 43.1 Å². The number of likely N-dealkylation sites (tertiary alicyclic amines) is 1. The third-order valence-electron chi connectivity index (χ3n) is 6.90. The van der Waals surface area contributed by atoms with Gasteiger partial charge in [-0.05, 0) is 30.5 Å². The first-order valence-electron chi connectivity index (χ1n) is 12.3. The van der Waals surface area contributed by atoms with E-state index < -0.39 is 5.97 Å². The van der Waals surface area contributed by atoms with E-state index >= 15 is 0 Å². The molecule has 2 amide bonds. The molecule has 1 aliphatic heterocycles. The Kier molecular flexibility index (Phi) is 8.15. The van der Waals surface area contributed by atoms with E-state index in [2.05, 4.69) is 21.9 Å². The second-order valence-corrected chi connectivity index (χ2v) is 9.32. The Hall–Kier alpha value is -4.53. The number of hydrogen-bond acceptors (Lipinski definition) is 9. The maximum atomic E-state index is 13.2. The Morgan fingerprint density at radius 2 is 1.95 bits per heavy atom. The molecule has 4 rings (SSSR count). The van der Waals surface area contributed by atoms with Crippen LogP contribution in [0.3, 0.4) is 0 Å². The highest BCUT2D eigenvalue weighted by atomic mass is 16.5. The van der Waals surface area contributed by atoms with Gasteiger partial charge in [-0.2, -0.15) is 5.26 Å². The summed E-state index contributed by atoms with van der Waals surface area (Å²) in [4.78, 5) is 55.6. The minimum absolute atomic E-state index is 0.0127. The topological polar surface area (TPSA) is 138 Å². The van der Waals surface area contributed by atoms with Crippen molar-refractivity contribution in [2.75, 3.05) is 45.2 Å². The second-order valence-electron chi connectivity index (χ2n) is 9.32. The number of carbonyl (C=O) groups is 3. The normalized spacial score (nSPS) is 17.1. The van der Waals surface area contributed by atoms with Gasteiger partial charge in [-0.3, -0.25) is 14.3 Å². The molecule has 12 nitrogen and oxygen atoms in total. The highest BCUT2D eigenvalue weighted by molar-refractivity contribution is 5.95. The first-order chi connectivity index (χ1) is 18.3. The van der Waals surface area contributed by atoms with E-state index in [-0.39, 0.29) is 37.6 Å². The molecule has 38 heavy (non-hydrogen) atoms. The molecule has 4 heterocycles. The fourth-order valence-electron chi connectivity index (χ4n) is 4.62. The predicted octanol–water partition coefficient (Wildman–Crippen LogP) is 2.17. The number of pyridine rings is 1. The van der Waals surface area contributed by atoms with Crippen molar-refractivity contribution in [1.82, 2.24) is 29.3 Å². The molecule has 198 valence electrons. The van der Waals surface area contributed by atoms with Crippen molar-refractivity contribution in [2.45, 2.75) is 25.8 Å². The van der Waals surface area contributed by atoms with Gasteiger partial charge in [0.15, 0.2) is 5.65 Å². The van der Waals surface area contributed by atoms with Gasteiger partial charge in [-0.1, -0.05) is 6.92 Å². The van der Waals surface area contributed by atoms with Crippen molar-refractivity contribution >= 4 is 34.8 Å². The van der Waals surface area contributed by atoms with Crippen LogP contribution in [0.2, 0.25) is 0 Å². The fraction of sp³-hybridized carbons (Fsp3) is 0.423. The molecule has 0 N–H and O–H groups in total. The second kappa shape index (κ2) is 11.7. The number of amides is 2. The van der Waals surface area contributed by atoms with Crippen LogP contribution in [-0.4, -0.2) is 93.6 Å². The molecule has 0 aromatic carbocycles. The summed E-state index contributed by atoms with van der Waals surface area (Å²) in [6.45, 7) is 3.48. The van der Waals surface area contributed by atoms with Crippen molar-refractivity contribution in [3.05, 3.63) is 48.7 Å². The summed E-state index contributed by atoms with van der Waals surface area (Å²) in [6, 6.07) is 6.51. The Labute approximate surface area is 220 Å². The summed E-state index contributed by atoms with van der Waals surface area (Å²) in [5, 5.41) is 9.62. The number of rotatable bonds is 7. The summed E-state index contributed by atoms with van der Waals surface area (Å²) >= 11 is 0. The third kappa shape index (κ3) is 5.56. The zero-order chi connectivity index (χ0) is 27.2. The predicted molar refractivity (Wildman–Crippen MR) is 138 cm³/mol. The van der Waals surface area contributed by atoms with Crippen LogP contribution < -0.4 is 4.90 Å². The van der Waals surface area contributed by atoms with Crippen molar-refractivity contribution < 1.29 is 19.1 Å². The lowest BCUT2D eigenvalue weighted by Crippen LogP contribution is -2.52. The smallest absolute Gasteiger partial charge is 0.338 e. The van der Waals surface area contributed by atoms with E-state index in [0.717, 1.165) is 6.42 Å². The summed E-state index contributed by atoms with van der Waals surface area (Å²) in [6.07, 6.45) is 6.76. The molecule has 12 heteroatoms. The van der Waals surface area contributed by atoms with E-state index in [4.69, 9.17) is 10.00 Å². The largest absolute Gasteiger partial charge is 0.460 e. The minimum atomic E-state index is -0.482. The van der Waals surface area contributed by atoms with Crippen LogP contribution in [-0.2, 0) is 9.53 Å². The molecule has 3 aromatic heterocycles. The average Bonchev–Trinajstić information content (AvgIpc) is 3.37. The Bertz CT molecular complexity index is 1350. The number of hydrogen-bond donors (Lipinski definition) is 0. The molecule has 0 unspecified atom stereocenters. The van der Waals surface area contributed by atoms with Crippen LogP contribution in [0.4, 0.5) is 10.6 Å². The number of anilines is 1. The number of carbonyl (C=O) groups excluding carboxylic acids is 3. The molecular formula is C26H30N8O4. The molecule has 0 aliphatic carbocycles. The Morgan fingerprint density at radius 1 is 1.18 bits per heavy atom. The van der Waals surface area contributed by atoms with Gasteiger partial charge < -0.3 is 19.4 Å². The number of ether oxygens (including phenoxy) is 1. The molecular weight excluding hydrogens is 488 g/mol. The summed E-state index contributed by atoms with van der Waals surface area (Å²) in [5.74, 6) is 0.296. The van der Waals surface area contributed by atoms with Gasteiger partial charge in [0.05, 0.1) is 29.6 Å². The lowest BCUT2D eigenvalue weighted by molar-refractivity contribution is -0.131. The van der Waals surface area contributed by atoms with Crippen LogP contribution in [0, 0.1) is 17.2 Å². The van der Waals surface area contributed by atoms with E-state index in [1.54, 1.807) is 36.3 Å². The van der Waals surface area contributed by atoms with E-state index in [0.29, 0.717) is 41.4 Å². The minimum Gasteiger partial charge on any atom is -0.460 e. The number of nitrogens with zero attached hydrogens (tertiary/aromatic N) is 8. The number of aromatic nitrogens is 4. The van der Waals surface area contributed by atoms with Crippen molar-refractivity contribution in [3.8, 4) is 6.07 Å². The molecule has 1 fully saturated rings. The standard InChI is InChI=1S/C26H30N8O4/c1-18-7-12-33(22(35)4-9-27)16-21(18)32(3)23-20-8-13-34(24(20)30-17-29-23)26(37)31(2)14-15-38-25(36)19-5-10-28-11-6-19/h5-6,8,10-11,13,17-18,21H,4,7,12,14-16H2,1-3H3/t18-,21+/m1/s1. The van der Waals surface area contributed by atoms with Gasteiger partial charge in [-0.15, -0.1) is 0 Å². The van der Waals surface area contributed by atoms with Gasteiger partial charge in [0, 0.05) is 45.8 Å². The SMILES string of the molecule is C[C@@H]1CCN(C(=O)CC#N)C[C@@H]1N(C)c1ncnc2c1ccn2C(=O)N(C)CCOC(=O)c1ccncc1. The Morgan fingerprint density at radius 3 is 2.68 bits per heavy atom. The maximum Gasteiger partial charge on any atom is 0.338 e. The van der Waals surface area contributed by atoms with Gasteiger partial charge in [-0.25, -0.2) is 19.6 Å². The van der Waals surface area contributed by atoms with Gasteiger partial charge in [0.2, 0.25) is 5.91 Å². The van der Waals surface area contributed by atoms with E-state index in [1.807, 2.05) is 18.0 Å². The highest BCUT2D eigenvalue weighted by Crippen LogP contribution is 2.29. The first-order valence-corrected chi connectivity index (χ1v) is 12.3. The first kappa shape index (κ1) is 26.5. The molecule has 1 saturated heterocycles. The van der Waals surface area contributed by atoms with Crippen LogP contribution >= 0.6 is 0 Å². The van der Waals surface area contributed by atoms with Gasteiger partial charge in [0.25, 0.3) is 0 Å². The summed E-state index contributed by atoms with van der Waals surface area (Å²) in [5.41, 5.74) is 0.844. The zero-order valence-corrected chi connectivity index (χ0v) is 21.6. The Balaban J connectivity index is 1.45. The molecule has 1 aliphatic rings. The molecule has 0 spiro atoms.